The Bertz CT molecular complexity index is 663. The van der Waals surface area contributed by atoms with Crippen LogP contribution in [0.5, 0.6) is 0 Å². The average Bonchev–Trinajstić information content (AvgIpc) is 2.54. The predicted molar refractivity (Wildman–Crippen MR) is 87.7 cm³/mol. The van der Waals surface area contributed by atoms with Crippen LogP contribution < -0.4 is 10.6 Å². The summed E-state index contributed by atoms with van der Waals surface area (Å²) in [5.74, 6) is -0.314. The number of hydrogen-bond acceptors (Lipinski definition) is 2. The Labute approximate surface area is 130 Å². The van der Waals surface area contributed by atoms with E-state index < -0.39 is 0 Å². The summed E-state index contributed by atoms with van der Waals surface area (Å²) in [4.78, 5) is 23.8. The molecule has 2 N–H and O–H groups in total. The lowest BCUT2D eigenvalue weighted by atomic mass is 10.1. The first-order chi connectivity index (χ1) is 10.6. The molecule has 2 aromatic rings. The third-order valence-corrected chi connectivity index (χ3v) is 3.34. The van der Waals surface area contributed by atoms with Crippen molar-refractivity contribution in [3.8, 4) is 0 Å². The van der Waals surface area contributed by atoms with Crippen LogP contribution in [-0.4, -0.2) is 11.8 Å². The predicted octanol–water partition coefficient (Wildman–Crippen LogP) is 3.27. The van der Waals surface area contributed by atoms with E-state index in [-0.39, 0.29) is 11.8 Å². The number of hydrogen-bond donors (Lipinski definition) is 2. The number of carbonyl (C=O) groups is 2. The van der Waals surface area contributed by atoms with Gasteiger partial charge >= 0.3 is 0 Å². The lowest BCUT2D eigenvalue weighted by Crippen LogP contribution is -2.24. The molecule has 2 aromatic carbocycles. The molecule has 22 heavy (non-hydrogen) atoms. The highest BCUT2D eigenvalue weighted by Gasteiger charge is 2.12. The molecule has 0 aliphatic rings. The van der Waals surface area contributed by atoms with Crippen molar-refractivity contribution in [3.05, 3.63) is 65.2 Å². The van der Waals surface area contributed by atoms with Gasteiger partial charge in [-0.05, 0) is 24.6 Å². The van der Waals surface area contributed by atoms with Crippen LogP contribution in [0.25, 0.3) is 0 Å². The van der Waals surface area contributed by atoms with Gasteiger partial charge in [-0.25, -0.2) is 0 Å². The molecular formula is C18H20N2O2. The minimum Gasteiger partial charge on any atom is -0.348 e. The maximum atomic E-state index is 12.3. The zero-order valence-electron chi connectivity index (χ0n) is 12.8. The van der Waals surface area contributed by atoms with Crippen LogP contribution in [0.3, 0.4) is 0 Å². The molecule has 0 aliphatic heterocycles. The first kappa shape index (κ1) is 15.8. The molecule has 4 heteroatoms. The molecule has 0 aromatic heterocycles. The Morgan fingerprint density at radius 3 is 2.36 bits per heavy atom. The van der Waals surface area contributed by atoms with Crippen molar-refractivity contribution in [2.24, 2.45) is 0 Å². The van der Waals surface area contributed by atoms with E-state index in [1.807, 2.05) is 31.2 Å². The van der Waals surface area contributed by atoms with E-state index in [9.17, 15) is 9.59 Å². The normalized spacial score (nSPS) is 10.1. The molecule has 0 heterocycles. The number of rotatable bonds is 5. The van der Waals surface area contributed by atoms with Crippen LogP contribution in [0.1, 0.15) is 34.8 Å². The van der Waals surface area contributed by atoms with Crippen LogP contribution in [0, 0.1) is 6.92 Å². The minimum atomic E-state index is -0.201. The Morgan fingerprint density at radius 2 is 1.68 bits per heavy atom. The number of benzene rings is 2. The monoisotopic (exact) mass is 296 g/mol. The van der Waals surface area contributed by atoms with E-state index in [4.69, 9.17) is 0 Å². The second kappa shape index (κ2) is 7.41. The second-order valence-corrected chi connectivity index (χ2v) is 5.12. The van der Waals surface area contributed by atoms with Gasteiger partial charge in [0.25, 0.3) is 5.91 Å². The van der Waals surface area contributed by atoms with Crippen molar-refractivity contribution in [1.82, 2.24) is 5.32 Å². The van der Waals surface area contributed by atoms with Gasteiger partial charge in [0.15, 0.2) is 0 Å². The van der Waals surface area contributed by atoms with Gasteiger partial charge < -0.3 is 10.6 Å². The number of para-hydroxylation sites is 1. The first-order valence-electron chi connectivity index (χ1n) is 7.32. The molecule has 0 atom stereocenters. The molecule has 0 bridgehead atoms. The SMILES string of the molecule is CCC(=O)Nc1ccccc1C(=O)NCc1ccc(C)cc1. The molecule has 0 radical (unpaired) electrons. The topological polar surface area (TPSA) is 58.2 Å². The van der Waals surface area contributed by atoms with E-state index in [0.29, 0.717) is 24.2 Å². The van der Waals surface area contributed by atoms with E-state index in [0.717, 1.165) is 5.56 Å². The molecule has 4 nitrogen and oxygen atoms in total. The summed E-state index contributed by atoms with van der Waals surface area (Å²) in [6, 6.07) is 15.0. The molecule has 0 fully saturated rings. The van der Waals surface area contributed by atoms with E-state index in [2.05, 4.69) is 10.6 Å². The van der Waals surface area contributed by atoms with Gasteiger partial charge in [-0.15, -0.1) is 0 Å². The summed E-state index contributed by atoms with van der Waals surface area (Å²) in [7, 11) is 0. The van der Waals surface area contributed by atoms with Crippen molar-refractivity contribution in [3.63, 3.8) is 0 Å². The van der Waals surface area contributed by atoms with E-state index in [1.165, 1.54) is 5.56 Å². The van der Waals surface area contributed by atoms with Gasteiger partial charge in [-0.2, -0.15) is 0 Å². The maximum absolute atomic E-state index is 12.3. The summed E-state index contributed by atoms with van der Waals surface area (Å²) >= 11 is 0. The standard InChI is InChI=1S/C18H20N2O2/c1-3-17(21)20-16-7-5-4-6-15(16)18(22)19-12-14-10-8-13(2)9-11-14/h4-11H,3,12H2,1-2H3,(H,19,22)(H,20,21). The van der Waals surface area contributed by atoms with Crippen molar-refractivity contribution in [2.75, 3.05) is 5.32 Å². The Kier molecular flexibility index (Phi) is 5.31. The number of nitrogens with one attached hydrogen (secondary N) is 2. The van der Waals surface area contributed by atoms with E-state index >= 15 is 0 Å². The van der Waals surface area contributed by atoms with Gasteiger partial charge in [0.2, 0.25) is 5.91 Å². The van der Waals surface area contributed by atoms with Crippen molar-refractivity contribution >= 4 is 17.5 Å². The Morgan fingerprint density at radius 1 is 1.00 bits per heavy atom. The zero-order chi connectivity index (χ0) is 15.9. The average molecular weight is 296 g/mol. The van der Waals surface area contributed by atoms with Gasteiger partial charge in [0, 0.05) is 13.0 Å². The van der Waals surface area contributed by atoms with E-state index in [1.54, 1.807) is 31.2 Å². The van der Waals surface area contributed by atoms with Crippen molar-refractivity contribution < 1.29 is 9.59 Å². The minimum absolute atomic E-state index is 0.112. The summed E-state index contributed by atoms with van der Waals surface area (Å²) in [6.45, 7) is 4.25. The molecule has 114 valence electrons. The number of carbonyl (C=O) groups excluding carboxylic acids is 2. The molecular weight excluding hydrogens is 276 g/mol. The van der Waals surface area contributed by atoms with Crippen molar-refractivity contribution in [1.29, 1.82) is 0 Å². The quantitative estimate of drug-likeness (QED) is 0.889. The van der Waals surface area contributed by atoms with Gasteiger partial charge in [-0.3, -0.25) is 9.59 Å². The molecule has 0 unspecified atom stereocenters. The largest absolute Gasteiger partial charge is 0.348 e. The lowest BCUT2D eigenvalue weighted by Gasteiger charge is -2.11. The van der Waals surface area contributed by atoms with Crippen LogP contribution in [0.4, 0.5) is 5.69 Å². The Balaban J connectivity index is 2.06. The number of aryl methyl sites for hydroxylation is 1. The highest BCUT2D eigenvalue weighted by atomic mass is 16.2. The molecule has 0 saturated carbocycles. The van der Waals surface area contributed by atoms with Gasteiger partial charge in [-0.1, -0.05) is 48.9 Å². The van der Waals surface area contributed by atoms with Crippen LogP contribution in [0.15, 0.2) is 48.5 Å². The zero-order valence-corrected chi connectivity index (χ0v) is 12.8. The first-order valence-corrected chi connectivity index (χ1v) is 7.32. The smallest absolute Gasteiger partial charge is 0.253 e. The third-order valence-electron chi connectivity index (χ3n) is 3.34. The number of amides is 2. The fraction of sp³-hybridized carbons (Fsp3) is 0.222. The van der Waals surface area contributed by atoms with Crippen LogP contribution >= 0.6 is 0 Å². The van der Waals surface area contributed by atoms with Crippen molar-refractivity contribution in [2.45, 2.75) is 26.8 Å². The molecule has 2 rings (SSSR count). The number of anilines is 1. The third kappa shape index (κ3) is 4.19. The lowest BCUT2D eigenvalue weighted by molar-refractivity contribution is -0.115. The summed E-state index contributed by atoms with van der Waals surface area (Å²) < 4.78 is 0. The highest BCUT2D eigenvalue weighted by Crippen LogP contribution is 2.15. The Hall–Kier alpha value is -2.62. The van der Waals surface area contributed by atoms with Crippen LogP contribution in [0.2, 0.25) is 0 Å². The second-order valence-electron chi connectivity index (χ2n) is 5.12. The van der Waals surface area contributed by atoms with Crippen LogP contribution in [-0.2, 0) is 11.3 Å². The molecule has 2 amide bonds. The fourth-order valence-electron chi connectivity index (χ4n) is 2.01. The molecule has 0 aliphatic carbocycles. The summed E-state index contributed by atoms with van der Waals surface area (Å²) in [5.41, 5.74) is 3.23. The molecule has 0 spiro atoms. The van der Waals surface area contributed by atoms with Gasteiger partial charge in [0.1, 0.15) is 0 Å². The fourth-order valence-corrected chi connectivity index (χ4v) is 2.01. The molecule has 0 saturated heterocycles. The summed E-state index contributed by atoms with van der Waals surface area (Å²) in [5, 5.41) is 5.62. The highest BCUT2D eigenvalue weighted by molar-refractivity contribution is 6.03. The van der Waals surface area contributed by atoms with Gasteiger partial charge in [0.05, 0.1) is 11.3 Å². The maximum Gasteiger partial charge on any atom is 0.253 e. The summed E-state index contributed by atoms with van der Waals surface area (Å²) in [6.07, 6.45) is 0.374.